The minimum absolute atomic E-state index is 0.0662. The van der Waals surface area contributed by atoms with E-state index >= 15 is 0 Å². The topological polar surface area (TPSA) is 94.3 Å². The van der Waals surface area contributed by atoms with Gasteiger partial charge in [0.15, 0.2) is 5.65 Å². The van der Waals surface area contributed by atoms with Crippen molar-refractivity contribution in [1.82, 2.24) is 24.8 Å². The number of ether oxygens (including phenoxy) is 1. The van der Waals surface area contributed by atoms with Crippen molar-refractivity contribution in [2.45, 2.75) is 26.4 Å². The molecule has 1 aromatic carbocycles. The second-order valence-corrected chi connectivity index (χ2v) is 7.32. The predicted molar refractivity (Wildman–Crippen MR) is 110 cm³/mol. The van der Waals surface area contributed by atoms with E-state index in [-0.39, 0.29) is 17.6 Å². The van der Waals surface area contributed by atoms with Crippen molar-refractivity contribution < 1.29 is 9.53 Å². The standard InChI is InChI=1S/C21H25N5O3/c1-3-29-18-7-5-4-6-15(18)13-25-8-9-26(14(2)12-25)20(27)16-10-17-19(22-11-16)24-21(28)23-17/h4-7,10-11,14H,3,8-9,12-13H2,1-2H3,(H2,22,23,24,28)/t14-/m1/s1. The molecule has 1 aliphatic heterocycles. The second-order valence-electron chi connectivity index (χ2n) is 7.32. The number of rotatable bonds is 5. The Morgan fingerprint density at radius 3 is 2.90 bits per heavy atom. The Morgan fingerprint density at radius 1 is 1.28 bits per heavy atom. The number of hydrogen-bond donors (Lipinski definition) is 2. The highest BCUT2D eigenvalue weighted by molar-refractivity contribution is 5.96. The zero-order valence-electron chi connectivity index (χ0n) is 16.6. The van der Waals surface area contributed by atoms with Gasteiger partial charge in [0.1, 0.15) is 5.75 Å². The molecule has 0 saturated carbocycles. The minimum Gasteiger partial charge on any atom is -0.494 e. The number of amides is 1. The van der Waals surface area contributed by atoms with Gasteiger partial charge in [-0.1, -0.05) is 18.2 Å². The maximum atomic E-state index is 13.0. The van der Waals surface area contributed by atoms with Gasteiger partial charge in [0.25, 0.3) is 5.91 Å². The first-order chi connectivity index (χ1) is 14.0. The number of pyridine rings is 1. The highest BCUT2D eigenvalue weighted by Gasteiger charge is 2.29. The largest absolute Gasteiger partial charge is 0.494 e. The number of aromatic nitrogens is 3. The molecule has 152 valence electrons. The molecule has 8 nitrogen and oxygen atoms in total. The number of imidazole rings is 1. The van der Waals surface area contributed by atoms with Crippen LogP contribution in [0.3, 0.4) is 0 Å². The highest BCUT2D eigenvalue weighted by atomic mass is 16.5. The van der Waals surface area contributed by atoms with Crippen LogP contribution in [-0.2, 0) is 6.54 Å². The monoisotopic (exact) mass is 395 g/mol. The van der Waals surface area contributed by atoms with Crippen molar-refractivity contribution in [3.63, 3.8) is 0 Å². The lowest BCUT2D eigenvalue weighted by molar-refractivity contribution is 0.0473. The second kappa shape index (κ2) is 8.08. The summed E-state index contributed by atoms with van der Waals surface area (Å²) in [5.41, 5.74) is 2.31. The van der Waals surface area contributed by atoms with Crippen LogP contribution in [-0.4, -0.2) is 62.9 Å². The maximum absolute atomic E-state index is 13.0. The van der Waals surface area contributed by atoms with Gasteiger partial charge in [-0.25, -0.2) is 9.78 Å². The zero-order chi connectivity index (χ0) is 20.4. The SMILES string of the molecule is CCOc1ccccc1CN1CCN(C(=O)c2cnc3[nH]c(=O)[nH]c3c2)[C@H](C)C1. The van der Waals surface area contributed by atoms with E-state index in [0.717, 1.165) is 30.9 Å². The molecule has 3 aromatic rings. The van der Waals surface area contributed by atoms with Crippen molar-refractivity contribution in [2.24, 2.45) is 0 Å². The Kier molecular flexibility index (Phi) is 5.35. The molecule has 4 rings (SSSR count). The van der Waals surface area contributed by atoms with Crippen LogP contribution < -0.4 is 10.4 Å². The first-order valence-corrected chi connectivity index (χ1v) is 9.87. The van der Waals surface area contributed by atoms with Gasteiger partial charge in [-0.3, -0.25) is 14.7 Å². The Labute approximate surface area is 168 Å². The van der Waals surface area contributed by atoms with Gasteiger partial charge in [0, 0.05) is 44.0 Å². The van der Waals surface area contributed by atoms with Crippen molar-refractivity contribution in [1.29, 1.82) is 0 Å². The van der Waals surface area contributed by atoms with Gasteiger partial charge in [0.05, 0.1) is 17.7 Å². The summed E-state index contributed by atoms with van der Waals surface area (Å²) in [5, 5.41) is 0. The number of fused-ring (bicyclic) bond motifs is 1. The molecular formula is C21H25N5O3. The van der Waals surface area contributed by atoms with Gasteiger partial charge in [-0.05, 0) is 26.0 Å². The van der Waals surface area contributed by atoms with E-state index in [9.17, 15) is 9.59 Å². The molecule has 2 N–H and O–H groups in total. The smallest absolute Gasteiger partial charge is 0.325 e. The van der Waals surface area contributed by atoms with E-state index in [1.165, 1.54) is 6.20 Å². The Hall–Kier alpha value is -3.13. The van der Waals surface area contributed by atoms with Crippen LogP contribution >= 0.6 is 0 Å². The first-order valence-electron chi connectivity index (χ1n) is 9.87. The molecule has 29 heavy (non-hydrogen) atoms. The molecule has 0 radical (unpaired) electrons. The summed E-state index contributed by atoms with van der Waals surface area (Å²) in [5.74, 6) is 0.851. The summed E-state index contributed by atoms with van der Waals surface area (Å²) < 4.78 is 5.73. The number of nitrogens with one attached hydrogen (secondary N) is 2. The van der Waals surface area contributed by atoms with Crippen LogP contribution in [0.4, 0.5) is 0 Å². The number of aromatic amines is 2. The van der Waals surface area contributed by atoms with Crippen molar-refractivity contribution in [2.75, 3.05) is 26.2 Å². The van der Waals surface area contributed by atoms with Gasteiger partial charge in [0.2, 0.25) is 0 Å². The molecule has 1 amide bonds. The molecule has 0 bridgehead atoms. The van der Waals surface area contributed by atoms with E-state index in [1.807, 2.05) is 30.0 Å². The average molecular weight is 395 g/mol. The summed E-state index contributed by atoms with van der Waals surface area (Å²) in [4.78, 5) is 38.1. The van der Waals surface area contributed by atoms with Crippen LogP contribution in [0.1, 0.15) is 29.8 Å². The number of H-pyrrole nitrogens is 2. The number of benzene rings is 1. The zero-order valence-corrected chi connectivity index (χ0v) is 16.6. The fraction of sp³-hybridized carbons (Fsp3) is 0.381. The number of carbonyl (C=O) groups excluding carboxylic acids is 1. The molecule has 0 aliphatic carbocycles. The number of piperazine rings is 1. The highest BCUT2D eigenvalue weighted by Crippen LogP contribution is 2.22. The lowest BCUT2D eigenvalue weighted by Gasteiger charge is -2.40. The third-order valence-electron chi connectivity index (χ3n) is 5.25. The van der Waals surface area contributed by atoms with Crippen LogP contribution in [0, 0.1) is 0 Å². The van der Waals surface area contributed by atoms with Gasteiger partial charge in [-0.15, -0.1) is 0 Å². The molecule has 8 heteroatoms. The van der Waals surface area contributed by atoms with Gasteiger partial charge in [-0.2, -0.15) is 0 Å². The summed E-state index contributed by atoms with van der Waals surface area (Å²) in [6, 6.07) is 9.84. The lowest BCUT2D eigenvalue weighted by atomic mass is 10.1. The first kappa shape index (κ1) is 19.2. The van der Waals surface area contributed by atoms with Gasteiger partial charge < -0.3 is 14.6 Å². The Balaban J connectivity index is 1.44. The van der Waals surface area contributed by atoms with Crippen molar-refractivity contribution in [3.05, 3.63) is 58.1 Å². The quantitative estimate of drug-likeness (QED) is 0.689. The van der Waals surface area contributed by atoms with Crippen LogP contribution in [0.2, 0.25) is 0 Å². The molecule has 3 heterocycles. The third kappa shape index (κ3) is 4.02. The molecule has 1 fully saturated rings. The van der Waals surface area contributed by atoms with E-state index in [2.05, 4.69) is 32.8 Å². The normalized spacial score (nSPS) is 17.6. The minimum atomic E-state index is -0.327. The molecule has 1 saturated heterocycles. The van der Waals surface area contributed by atoms with E-state index in [4.69, 9.17) is 4.74 Å². The van der Waals surface area contributed by atoms with Crippen LogP contribution in [0.5, 0.6) is 5.75 Å². The van der Waals surface area contributed by atoms with E-state index in [0.29, 0.717) is 29.9 Å². The number of nitrogens with zero attached hydrogens (tertiary/aromatic N) is 3. The Bertz CT molecular complexity index is 1070. The lowest BCUT2D eigenvalue weighted by Crippen LogP contribution is -2.53. The molecule has 0 spiro atoms. The van der Waals surface area contributed by atoms with E-state index in [1.54, 1.807) is 6.07 Å². The number of para-hydroxylation sites is 1. The molecular weight excluding hydrogens is 370 g/mol. The van der Waals surface area contributed by atoms with E-state index < -0.39 is 0 Å². The molecule has 0 unspecified atom stereocenters. The predicted octanol–water partition coefficient (Wildman–Crippen LogP) is 2.00. The molecule has 1 aliphatic rings. The summed E-state index contributed by atoms with van der Waals surface area (Å²) in [6.07, 6.45) is 1.52. The van der Waals surface area contributed by atoms with Crippen molar-refractivity contribution in [3.8, 4) is 5.75 Å². The van der Waals surface area contributed by atoms with Crippen LogP contribution in [0.25, 0.3) is 11.2 Å². The summed E-state index contributed by atoms with van der Waals surface area (Å²) in [7, 11) is 0. The molecule has 2 aromatic heterocycles. The summed E-state index contributed by atoms with van der Waals surface area (Å²) in [6.45, 7) is 7.68. The fourth-order valence-electron chi connectivity index (χ4n) is 3.85. The maximum Gasteiger partial charge on any atom is 0.325 e. The Morgan fingerprint density at radius 2 is 2.10 bits per heavy atom. The number of carbonyl (C=O) groups is 1. The molecule has 1 atom stereocenters. The third-order valence-corrected chi connectivity index (χ3v) is 5.25. The van der Waals surface area contributed by atoms with Crippen LogP contribution in [0.15, 0.2) is 41.3 Å². The average Bonchev–Trinajstić information content (AvgIpc) is 3.08. The summed E-state index contributed by atoms with van der Waals surface area (Å²) >= 11 is 0. The number of hydrogen-bond acceptors (Lipinski definition) is 5. The van der Waals surface area contributed by atoms with Gasteiger partial charge >= 0.3 is 5.69 Å². The fourth-order valence-corrected chi connectivity index (χ4v) is 3.85. The van der Waals surface area contributed by atoms with Crippen molar-refractivity contribution >= 4 is 17.1 Å².